The van der Waals surface area contributed by atoms with Crippen LogP contribution >= 0.6 is 0 Å². The summed E-state index contributed by atoms with van der Waals surface area (Å²) in [4.78, 5) is 46.2. The van der Waals surface area contributed by atoms with Gasteiger partial charge >= 0.3 is 17.9 Å². The Balaban J connectivity index is 2.54. The van der Waals surface area contributed by atoms with Gasteiger partial charge in [-0.15, -0.1) is 0 Å². The van der Waals surface area contributed by atoms with Crippen LogP contribution in [0.4, 0.5) is 0 Å². The number of amides is 1. The zero-order valence-electron chi connectivity index (χ0n) is 15.2. The summed E-state index contributed by atoms with van der Waals surface area (Å²) in [6, 6.07) is 2.15. The number of carbonyl (C=O) groups is 4. The number of phenolic OH excluding ortho intramolecular Hbond substituents is 1. The zero-order chi connectivity index (χ0) is 21.4. The molecule has 0 unspecified atom stereocenters. The van der Waals surface area contributed by atoms with E-state index in [1.54, 1.807) is 12.1 Å². The molecule has 0 heterocycles. The van der Waals surface area contributed by atoms with E-state index in [9.17, 15) is 24.3 Å². The lowest BCUT2D eigenvalue weighted by atomic mass is 10.1. The molecule has 0 saturated carbocycles. The predicted molar refractivity (Wildman–Crippen MR) is 96.2 cm³/mol. The quantitative estimate of drug-likeness (QED) is 0.224. The van der Waals surface area contributed by atoms with Crippen molar-refractivity contribution >= 4 is 23.8 Å². The molecule has 28 heavy (non-hydrogen) atoms. The summed E-state index contributed by atoms with van der Waals surface area (Å²) in [5.74, 6) is -3.95. The Bertz CT molecular complexity index is 723. The van der Waals surface area contributed by atoms with Crippen LogP contribution in [0.15, 0.2) is 24.3 Å². The first-order valence-corrected chi connectivity index (χ1v) is 8.30. The molecule has 1 amide bonds. The first kappa shape index (κ1) is 23.0. The zero-order valence-corrected chi connectivity index (χ0v) is 15.2. The molecule has 9 N–H and O–H groups in total. The first-order valence-electron chi connectivity index (χ1n) is 8.30. The van der Waals surface area contributed by atoms with Gasteiger partial charge in [0.1, 0.15) is 30.0 Å². The lowest BCUT2D eigenvalue weighted by molar-refractivity contribution is -0.165. The number of benzene rings is 1. The second-order valence-electron chi connectivity index (χ2n) is 6.16. The molecule has 11 nitrogen and oxygen atoms in total. The van der Waals surface area contributed by atoms with E-state index in [1.807, 2.05) is 0 Å². The molecule has 0 aliphatic rings. The summed E-state index contributed by atoms with van der Waals surface area (Å²) in [5, 5.41) is 9.24. The third kappa shape index (κ3) is 7.31. The number of phenols is 1. The van der Waals surface area contributed by atoms with Gasteiger partial charge in [-0.05, 0) is 31.0 Å². The SMILES string of the molecule is C[C@@H](OC(=O)[C@@H](N)Cc1ccc(O)cc1)[C@H](N)C(=O)OC(=O)[C@@H](N)CC(N)=O. The molecule has 0 spiro atoms. The number of nitrogens with two attached hydrogens (primary N) is 4. The molecule has 154 valence electrons. The van der Waals surface area contributed by atoms with Crippen molar-refractivity contribution < 1.29 is 33.8 Å². The third-order valence-corrected chi connectivity index (χ3v) is 3.70. The van der Waals surface area contributed by atoms with Gasteiger partial charge in [0, 0.05) is 0 Å². The molecule has 0 saturated heterocycles. The van der Waals surface area contributed by atoms with Crippen molar-refractivity contribution in [2.45, 2.75) is 44.0 Å². The largest absolute Gasteiger partial charge is 0.508 e. The first-order chi connectivity index (χ1) is 13.0. The van der Waals surface area contributed by atoms with Gasteiger partial charge in [0.2, 0.25) is 5.91 Å². The molecule has 1 aromatic rings. The minimum absolute atomic E-state index is 0.0723. The summed E-state index contributed by atoms with van der Waals surface area (Å²) in [6.45, 7) is 1.32. The van der Waals surface area contributed by atoms with Crippen molar-refractivity contribution in [1.82, 2.24) is 0 Å². The highest BCUT2D eigenvalue weighted by Gasteiger charge is 2.30. The number of ether oxygens (including phenoxy) is 2. The van der Waals surface area contributed by atoms with Crippen molar-refractivity contribution in [3.8, 4) is 5.75 Å². The third-order valence-electron chi connectivity index (χ3n) is 3.70. The molecule has 0 fully saturated rings. The van der Waals surface area contributed by atoms with Gasteiger partial charge in [-0.25, -0.2) is 9.59 Å². The Labute approximate surface area is 160 Å². The average molecular weight is 396 g/mol. The smallest absolute Gasteiger partial charge is 0.334 e. The fourth-order valence-corrected chi connectivity index (χ4v) is 2.05. The maximum absolute atomic E-state index is 12.1. The Morgan fingerprint density at radius 2 is 1.54 bits per heavy atom. The molecule has 0 bridgehead atoms. The normalized spacial score (nSPS) is 15.0. The van der Waals surface area contributed by atoms with Gasteiger partial charge in [-0.2, -0.15) is 0 Å². The van der Waals surface area contributed by atoms with E-state index >= 15 is 0 Å². The van der Waals surface area contributed by atoms with Crippen molar-refractivity contribution in [2.75, 3.05) is 0 Å². The minimum Gasteiger partial charge on any atom is -0.508 e. The predicted octanol–water partition coefficient (Wildman–Crippen LogP) is -2.21. The van der Waals surface area contributed by atoms with E-state index in [0.29, 0.717) is 5.56 Å². The highest BCUT2D eigenvalue weighted by molar-refractivity contribution is 5.93. The maximum Gasteiger partial charge on any atom is 0.334 e. The number of esters is 3. The van der Waals surface area contributed by atoms with Gasteiger partial charge < -0.3 is 37.5 Å². The lowest BCUT2D eigenvalue weighted by Crippen LogP contribution is -2.48. The molecule has 11 heteroatoms. The van der Waals surface area contributed by atoms with Crippen LogP contribution < -0.4 is 22.9 Å². The van der Waals surface area contributed by atoms with E-state index in [4.69, 9.17) is 27.7 Å². The average Bonchev–Trinajstić information content (AvgIpc) is 2.61. The van der Waals surface area contributed by atoms with Gasteiger partial charge in [0.25, 0.3) is 0 Å². The lowest BCUT2D eigenvalue weighted by Gasteiger charge is -2.21. The highest BCUT2D eigenvalue weighted by Crippen LogP contribution is 2.12. The van der Waals surface area contributed by atoms with E-state index in [2.05, 4.69) is 4.74 Å². The molecule has 1 aromatic carbocycles. The molecule has 4 atom stereocenters. The molecule has 0 aliphatic carbocycles. The second-order valence-corrected chi connectivity index (χ2v) is 6.16. The molecular formula is C17H24N4O7. The van der Waals surface area contributed by atoms with Crippen molar-refractivity contribution in [3.05, 3.63) is 29.8 Å². The summed E-state index contributed by atoms with van der Waals surface area (Å²) < 4.78 is 9.50. The summed E-state index contributed by atoms with van der Waals surface area (Å²) in [7, 11) is 0. The van der Waals surface area contributed by atoms with Gasteiger partial charge in [0.05, 0.1) is 6.42 Å². The molecule has 0 aromatic heterocycles. The summed E-state index contributed by atoms with van der Waals surface area (Å²) in [5.41, 5.74) is 22.3. The van der Waals surface area contributed by atoms with Crippen LogP contribution in [-0.2, 0) is 35.1 Å². The molecule has 0 aliphatic heterocycles. The van der Waals surface area contributed by atoms with E-state index in [-0.39, 0.29) is 12.2 Å². The summed E-state index contributed by atoms with van der Waals surface area (Å²) in [6.07, 6.45) is -1.52. The number of carbonyl (C=O) groups excluding carboxylic acids is 4. The van der Waals surface area contributed by atoms with Crippen LogP contribution in [-0.4, -0.2) is 53.2 Å². The van der Waals surface area contributed by atoms with E-state index in [1.165, 1.54) is 19.1 Å². The van der Waals surface area contributed by atoms with Gasteiger partial charge in [-0.1, -0.05) is 12.1 Å². The van der Waals surface area contributed by atoms with Crippen LogP contribution in [0, 0.1) is 0 Å². The highest BCUT2D eigenvalue weighted by atomic mass is 16.6. The topological polar surface area (TPSA) is 211 Å². The maximum atomic E-state index is 12.1. The van der Waals surface area contributed by atoms with Crippen molar-refractivity contribution in [3.63, 3.8) is 0 Å². The summed E-state index contributed by atoms with van der Waals surface area (Å²) >= 11 is 0. The number of aromatic hydroxyl groups is 1. The Morgan fingerprint density at radius 1 is 0.964 bits per heavy atom. The Hall–Kier alpha value is -3.02. The standard InChI is InChI=1S/C17H24N4O7/c1-8(14(21)17(26)28-16(25)12(19)7-13(20)23)27-15(24)11(18)6-9-2-4-10(22)5-3-9/h2-5,8,11-12,14,22H,6-7,18-19,21H2,1H3,(H2,20,23)/t8-,11+,12+,14+/m1/s1. The van der Waals surface area contributed by atoms with Gasteiger partial charge in [-0.3, -0.25) is 9.59 Å². The minimum atomic E-state index is -1.48. The van der Waals surface area contributed by atoms with Crippen LogP contribution in [0.25, 0.3) is 0 Å². The van der Waals surface area contributed by atoms with Crippen LogP contribution in [0.2, 0.25) is 0 Å². The number of primary amides is 1. The second kappa shape index (κ2) is 10.3. The monoisotopic (exact) mass is 396 g/mol. The molecular weight excluding hydrogens is 372 g/mol. The van der Waals surface area contributed by atoms with E-state index < -0.39 is 54.5 Å². The number of rotatable bonds is 9. The number of hydrogen-bond acceptors (Lipinski definition) is 10. The molecule has 0 radical (unpaired) electrons. The Morgan fingerprint density at radius 3 is 2.07 bits per heavy atom. The Kier molecular flexibility index (Phi) is 8.51. The fraction of sp³-hybridized carbons (Fsp3) is 0.412. The van der Waals surface area contributed by atoms with Crippen LogP contribution in [0.5, 0.6) is 5.75 Å². The van der Waals surface area contributed by atoms with Gasteiger partial charge in [0.15, 0.2) is 0 Å². The van der Waals surface area contributed by atoms with Crippen molar-refractivity contribution in [2.24, 2.45) is 22.9 Å². The van der Waals surface area contributed by atoms with Crippen LogP contribution in [0.1, 0.15) is 18.9 Å². The van der Waals surface area contributed by atoms with Crippen molar-refractivity contribution in [1.29, 1.82) is 0 Å². The number of hydrogen-bond donors (Lipinski definition) is 5. The van der Waals surface area contributed by atoms with Crippen LogP contribution in [0.3, 0.4) is 0 Å². The molecule has 1 rings (SSSR count). The van der Waals surface area contributed by atoms with E-state index in [0.717, 1.165) is 0 Å². The fourth-order valence-electron chi connectivity index (χ4n) is 2.05.